The molecule has 2 fully saturated rings. The van der Waals surface area contributed by atoms with Gasteiger partial charge in [-0.1, -0.05) is 0 Å². The standard InChI is InChI=1S/C23H26N4O2S2.C16H22N4O2/c1-29-17-2-3-19-20(12-17)27(23(28)15-25-19)10-9-26-7-4-16(5-8-26)24-14-18-13-22-21(31-18)6-11-30-22;1-22-13-2-3-14-15(10-13)20(16(21)11-18-14)9-8-19-6-4-12(17)5-7-19/h2-3,6,11-13,15-16,24H,4-5,7-10,14H2,1H3;2-3,10-12H,4-9,17H2,1H3. The molecular weight excluding hydrogens is 709 g/mol. The molecule has 8 rings (SSSR count). The molecule has 2 aromatic carbocycles. The number of likely N-dealkylation sites (tertiary alicyclic amines) is 2. The number of nitrogens with zero attached hydrogens (tertiary/aromatic N) is 6. The largest absolute Gasteiger partial charge is 0.497 e. The van der Waals surface area contributed by atoms with Gasteiger partial charge >= 0.3 is 0 Å². The molecule has 0 amide bonds. The molecule has 0 atom stereocenters. The highest BCUT2D eigenvalue weighted by atomic mass is 32.1. The second kappa shape index (κ2) is 17.3. The average molecular weight is 757 g/mol. The molecule has 53 heavy (non-hydrogen) atoms. The number of hydrogen-bond donors (Lipinski definition) is 2. The van der Waals surface area contributed by atoms with E-state index in [0.29, 0.717) is 25.2 Å². The molecule has 3 N–H and O–H groups in total. The minimum Gasteiger partial charge on any atom is -0.497 e. The van der Waals surface area contributed by atoms with Crippen LogP contribution in [0.5, 0.6) is 11.5 Å². The first-order valence-electron chi connectivity index (χ1n) is 18.3. The SMILES string of the molecule is COc1ccc2ncc(=O)n(CCN3CCC(N)CC3)c2c1.COc1ccc2ncc(=O)n(CCN3CCC(NCc4cc5sccc5s4)CC3)c2c1. The zero-order valence-electron chi connectivity index (χ0n) is 30.4. The van der Waals surface area contributed by atoms with Crippen LogP contribution in [0.1, 0.15) is 30.6 Å². The maximum atomic E-state index is 12.5. The van der Waals surface area contributed by atoms with Crippen LogP contribution < -0.4 is 31.6 Å². The normalized spacial score (nSPS) is 16.3. The van der Waals surface area contributed by atoms with Crippen molar-refractivity contribution in [3.63, 3.8) is 0 Å². The minimum absolute atomic E-state index is 0.0619. The molecule has 0 saturated carbocycles. The third-order valence-corrected chi connectivity index (χ3v) is 12.5. The lowest BCUT2D eigenvalue weighted by Crippen LogP contribution is -2.43. The number of ether oxygens (including phenoxy) is 2. The van der Waals surface area contributed by atoms with Crippen molar-refractivity contribution in [2.24, 2.45) is 5.73 Å². The molecule has 0 bridgehead atoms. The van der Waals surface area contributed by atoms with E-state index in [0.717, 1.165) is 105 Å². The molecule has 14 heteroatoms. The maximum absolute atomic E-state index is 12.5. The summed E-state index contributed by atoms with van der Waals surface area (Å²) in [5.41, 5.74) is 9.07. The second-order valence-corrected chi connectivity index (χ2v) is 15.9. The van der Waals surface area contributed by atoms with Crippen LogP contribution >= 0.6 is 22.7 Å². The van der Waals surface area contributed by atoms with E-state index >= 15 is 0 Å². The fraction of sp³-hybridized carbons (Fsp3) is 0.436. The van der Waals surface area contributed by atoms with E-state index in [1.54, 1.807) is 18.8 Å². The van der Waals surface area contributed by atoms with Gasteiger partial charge in [-0.3, -0.25) is 9.59 Å². The van der Waals surface area contributed by atoms with Crippen LogP contribution in [0.3, 0.4) is 0 Å². The molecule has 0 radical (unpaired) electrons. The Morgan fingerprint density at radius 3 is 1.81 bits per heavy atom. The number of piperidine rings is 2. The Kier molecular flexibility index (Phi) is 12.1. The lowest BCUT2D eigenvalue weighted by atomic mass is 10.1. The molecule has 280 valence electrons. The number of rotatable bonds is 11. The van der Waals surface area contributed by atoms with Crippen LogP contribution in [-0.2, 0) is 19.6 Å². The maximum Gasteiger partial charge on any atom is 0.269 e. The highest BCUT2D eigenvalue weighted by Gasteiger charge is 2.20. The summed E-state index contributed by atoms with van der Waals surface area (Å²) in [6.45, 7) is 8.10. The minimum atomic E-state index is -0.0746. The molecular formula is C39H48N8O4S2. The van der Waals surface area contributed by atoms with E-state index < -0.39 is 0 Å². The number of aromatic nitrogens is 4. The van der Waals surface area contributed by atoms with Crippen molar-refractivity contribution in [3.05, 3.63) is 91.9 Å². The van der Waals surface area contributed by atoms with Crippen LogP contribution in [0, 0.1) is 0 Å². The van der Waals surface area contributed by atoms with Crippen molar-refractivity contribution in [1.82, 2.24) is 34.2 Å². The Morgan fingerprint density at radius 1 is 0.736 bits per heavy atom. The van der Waals surface area contributed by atoms with Gasteiger partial charge in [0.15, 0.2) is 0 Å². The Hall–Kier alpha value is -4.18. The van der Waals surface area contributed by atoms with E-state index in [1.165, 1.54) is 26.7 Å². The fourth-order valence-electron chi connectivity index (χ4n) is 7.17. The third kappa shape index (κ3) is 9.14. The Morgan fingerprint density at radius 2 is 1.28 bits per heavy atom. The van der Waals surface area contributed by atoms with Crippen molar-refractivity contribution in [2.75, 3.05) is 53.5 Å². The predicted molar refractivity (Wildman–Crippen MR) is 215 cm³/mol. The number of hydrogen-bond acceptors (Lipinski definition) is 12. The topological polar surface area (TPSA) is 133 Å². The second-order valence-electron chi connectivity index (χ2n) is 13.7. The van der Waals surface area contributed by atoms with Gasteiger partial charge in [0.25, 0.3) is 11.1 Å². The quantitative estimate of drug-likeness (QED) is 0.191. The molecule has 4 aromatic heterocycles. The lowest BCUT2D eigenvalue weighted by molar-refractivity contribution is 0.191. The molecule has 2 aliphatic rings. The molecule has 6 aromatic rings. The zero-order valence-corrected chi connectivity index (χ0v) is 32.0. The van der Waals surface area contributed by atoms with Crippen molar-refractivity contribution < 1.29 is 9.47 Å². The van der Waals surface area contributed by atoms with Gasteiger partial charge in [0.2, 0.25) is 0 Å². The average Bonchev–Trinajstić information content (AvgIpc) is 3.80. The number of benzene rings is 2. The molecule has 0 aliphatic carbocycles. The summed E-state index contributed by atoms with van der Waals surface area (Å²) in [4.78, 5) is 39.3. The smallest absolute Gasteiger partial charge is 0.269 e. The zero-order chi connectivity index (χ0) is 36.7. The summed E-state index contributed by atoms with van der Waals surface area (Å²) in [5, 5.41) is 5.90. The first kappa shape index (κ1) is 37.1. The van der Waals surface area contributed by atoms with Gasteiger partial charge in [-0.2, -0.15) is 0 Å². The number of nitrogens with one attached hydrogen (secondary N) is 1. The number of methoxy groups -OCH3 is 2. The lowest BCUT2D eigenvalue weighted by Gasteiger charge is -2.32. The van der Waals surface area contributed by atoms with Crippen LogP contribution in [0.15, 0.2) is 75.9 Å². The predicted octanol–water partition coefficient (Wildman–Crippen LogP) is 4.76. The monoisotopic (exact) mass is 756 g/mol. The highest BCUT2D eigenvalue weighted by Crippen LogP contribution is 2.30. The molecule has 0 unspecified atom stereocenters. The molecule has 12 nitrogen and oxygen atoms in total. The highest BCUT2D eigenvalue weighted by molar-refractivity contribution is 7.26. The number of fused-ring (bicyclic) bond motifs is 3. The van der Waals surface area contributed by atoms with Crippen molar-refractivity contribution >= 4 is 54.1 Å². The van der Waals surface area contributed by atoms with E-state index in [2.05, 4.69) is 42.6 Å². The fourth-order valence-corrected chi connectivity index (χ4v) is 9.25. The van der Waals surface area contributed by atoms with Crippen molar-refractivity contribution in [2.45, 2.75) is 57.4 Å². The van der Waals surface area contributed by atoms with Gasteiger partial charge in [-0.25, -0.2) is 9.97 Å². The Bertz CT molecular complexity index is 2220. The number of nitrogens with two attached hydrogens (primary N) is 1. The van der Waals surface area contributed by atoms with E-state index in [9.17, 15) is 9.59 Å². The van der Waals surface area contributed by atoms with Gasteiger partial charge < -0.3 is 39.5 Å². The first-order valence-corrected chi connectivity index (χ1v) is 20.0. The molecule has 6 heterocycles. The molecule has 0 spiro atoms. The van der Waals surface area contributed by atoms with Crippen molar-refractivity contribution in [1.29, 1.82) is 0 Å². The van der Waals surface area contributed by atoms with Crippen LogP contribution in [0.4, 0.5) is 0 Å². The van der Waals surface area contributed by atoms with Crippen LogP contribution in [0.25, 0.3) is 31.5 Å². The Balaban J connectivity index is 0.000000174. The summed E-state index contributed by atoms with van der Waals surface area (Å²) < 4.78 is 17.0. The van der Waals surface area contributed by atoms with Crippen LogP contribution in [0.2, 0.25) is 0 Å². The summed E-state index contributed by atoms with van der Waals surface area (Å²) in [6, 6.07) is 16.7. The summed E-state index contributed by atoms with van der Waals surface area (Å²) in [7, 11) is 3.26. The van der Waals surface area contributed by atoms with Crippen LogP contribution in [-0.4, -0.2) is 94.5 Å². The van der Waals surface area contributed by atoms with E-state index in [-0.39, 0.29) is 11.1 Å². The Labute approximate surface area is 316 Å². The summed E-state index contributed by atoms with van der Waals surface area (Å²) in [6.07, 6.45) is 7.14. The van der Waals surface area contributed by atoms with Gasteiger partial charge in [0, 0.05) is 71.2 Å². The number of thiophene rings is 2. The molecule has 2 aliphatic heterocycles. The van der Waals surface area contributed by atoms with Crippen molar-refractivity contribution in [3.8, 4) is 11.5 Å². The third-order valence-electron chi connectivity index (χ3n) is 10.4. The van der Waals surface area contributed by atoms with E-state index in [1.807, 2.05) is 63.6 Å². The molecule has 2 saturated heterocycles. The summed E-state index contributed by atoms with van der Waals surface area (Å²) in [5.74, 6) is 1.48. The van der Waals surface area contributed by atoms with Gasteiger partial charge in [0.1, 0.15) is 11.5 Å². The van der Waals surface area contributed by atoms with E-state index in [4.69, 9.17) is 15.2 Å². The van der Waals surface area contributed by atoms with Gasteiger partial charge in [0.05, 0.1) is 48.7 Å². The van der Waals surface area contributed by atoms with Gasteiger partial charge in [-0.15, -0.1) is 22.7 Å². The first-order chi connectivity index (χ1) is 25.9. The van der Waals surface area contributed by atoms with Gasteiger partial charge in [-0.05, 0) is 93.6 Å². The summed E-state index contributed by atoms with van der Waals surface area (Å²) >= 11 is 3.71.